The first-order chi connectivity index (χ1) is 10.9. The van der Waals surface area contributed by atoms with E-state index in [1.54, 1.807) is 19.1 Å². The summed E-state index contributed by atoms with van der Waals surface area (Å²) in [6.07, 6.45) is 1.81. The smallest absolute Gasteiger partial charge is 0.317 e. The number of carbonyl (C=O) groups is 1. The Labute approximate surface area is 141 Å². The fourth-order valence-electron chi connectivity index (χ4n) is 2.22. The molecule has 2 rings (SSSR count). The number of urea groups is 1. The van der Waals surface area contributed by atoms with Crippen LogP contribution in [-0.2, 0) is 20.1 Å². The third kappa shape index (κ3) is 4.39. The summed E-state index contributed by atoms with van der Waals surface area (Å²) in [5, 5.41) is 3.52. The fraction of sp³-hybridized carbons (Fsp3) is 0.375. The van der Waals surface area contributed by atoms with Crippen molar-refractivity contribution >= 4 is 17.6 Å². The molecule has 0 bridgehead atoms. The zero-order valence-corrected chi connectivity index (χ0v) is 14.5. The van der Waals surface area contributed by atoms with E-state index in [0.717, 1.165) is 17.0 Å². The van der Waals surface area contributed by atoms with Crippen molar-refractivity contribution in [1.29, 1.82) is 0 Å². The molecule has 0 aromatic carbocycles. The number of ether oxygens (including phenoxy) is 1. The number of aromatic nitrogens is 2. The standard InChI is InChI=1S/C16H21ClN4O2/c1-11-5-6-12(15(19-11)23-4)8-18-16(22)21(3)10-14-7-13(17)9-20(14)2/h5-7,9H,8,10H2,1-4H3,(H,18,22). The number of halogens is 1. The number of nitrogens with one attached hydrogen (secondary N) is 1. The summed E-state index contributed by atoms with van der Waals surface area (Å²) < 4.78 is 7.14. The van der Waals surface area contributed by atoms with E-state index in [4.69, 9.17) is 16.3 Å². The Bertz CT molecular complexity index is 699. The van der Waals surface area contributed by atoms with Gasteiger partial charge in [0.15, 0.2) is 0 Å². The van der Waals surface area contributed by atoms with Gasteiger partial charge in [0, 0.05) is 43.8 Å². The molecule has 2 amide bonds. The lowest BCUT2D eigenvalue weighted by Gasteiger charge is -2.18. The van der Waals surface area contributed by atoms with Crippen LogP contribution >= 0.6 is 11.6 Å². The van der Waals surface area contributed by atoms with E-state index in [0.29, 0.717) is 24.0 Å². The van der Waals surface area contributed by atoms with Gasteiger partial charge in [-0.1, -0.05) is 17.7 Å². The topological polar surface area (TPSA) is 59.4 Å². The van der Waals surface area contributed by atoms with Gasteiger partial charge >= 0.3 is 6.03 Å². The van der Waals surface area contributed by atoms with Gasteiger partial charge in [-0.25, -0.2) is 9.78 Å². The number of aryl methyl sites for hydroxylation is 2. The van der Waals surface area contributed by atoms with Gasteiger partial charge in [-0.3, -0.25) is 0 Å². The van der Waals surface area contributed by atoms with Crippen molar-refractivity contribution in [3.8, 4) is 5.88 Å². The molecule has 1 N–H and O–H groups in total. The first-order valence-corrected chi connectivity index (χ1v) is 7.58. The largest absolute Gasteiger partial charge is 0.481 e. The molecule has 23 heavy (non-hydrogen) atoms. The number of rotatable bonds is 5. The molecule has 0 atom stereocenters. The van der Waals surface area contributed by atoms with Gasteiger partial charge in [0.1, 0.15) is 0 Å². The number of carbonyl (C=O) groups excluding carboxylic acids is 1. The van der Waals surface area contributed by atoms with Crippen LogP contribution in [-0.4, -0.2) is 34.6 Å². The molecular formula is C16H21ClN4O2. The van der Waals surface area contributed by atoms with Crippen molar-refractivity contribution in [2.75, 3.05) is 14.2 Å². The highest BCUT2D eigenvalue weighted by Crippen LogP contribution is 2.16. The minimum Gasteiger partial charge on any atom is -0.481 e. The van der Waals surface area contributed by atoms with E-state index >= 15 is 0 Å². The van der Waals surface area contributed by atoms with Gasteiger partial charge in [0.2, 0.25) is 5.88 Å². The number of amides is 2. The van der Waals surface area contributed by atoms with E-state index in [-0.39, 0.29) is 6.03 Å². The van der Waals surface area contributed by atoms with Gasteiger partial charge in [-0.15, -0.1) is 0 Å². The molecule has 7 heteroatoms. The number of hydrogen-bond acceptors (Lipinski definition) is 3. The molecule has 2 aromatic rings. The van der Waals surface area contributed by atoms with Crippen LogP contribution in [0.5, 0.6) is 5.88 Å². The van der Waals surface area contributed by atoms with Crippen LogP contribution in [0.15, 0.2) is 24.4 Å². The maximum atomic E-state index is 12.2. The first kappa shape index (κ1) is 17.1. The molecule has 0 saturated carbocycles. The average molecular weight is 337 g/mol. The predicted octanol–water partition coefficient (Wildman–Crippen LogP) is 2.73. The second-order valence-electron chi connectivity index (χ2n) is 5.40. The summed E-state index contributed by atoms with van der Waals surface area (Å²) in [6, 6.07) is 5.46. The number of hydrogen-bond donors (Lipinski definition) is 1. The molecule has 0 spiro atoms. The number of pyridine rings is 1. The number of nitrogens with zero attached hydrogens (tertiary/aromatic N) is 3. The van der Waals surface area contributed by atoms with Gasteiger partial charge in [-0.2, -0.15) is 0 Å². The molecule has 0 fully saturated rings. The van der Waals surface area contributed by atoms with Gasteiger partial charge < -0.3 is 19.5 Å². The maximum absolute atomic E-state index is 12.2. The lowest BCUT2D eigenvalue weighted by Crippen LogP contribution is -2.36. The lowest BCUT2D eigenvalue weighted by molar-refractivity contribution is 0.205. The Kier molecular flexibility index (Phi) is 5.50. The van der Waals surface area contributed by atoms with E-state index < -0.39 is 0 Å². The summed E-state index contributed by atoms with van der Waals surface area (Å²) in [5.74, 6) is 0.530. The quantitative estimate of drug-likeness (QED) is 0.913. The van der Waals surface area contributed by atoms with E-state index in [1.165, 1.54) is 0 Å². The Morgan fingerprint density at radius 1 is 1.48 bits per heavy atom. The molecule has 124 valence electrons. The van der Waals surface area contributed by atoms with Crippen molar-refractivity contribution in [2.45, 2.75) is 20.0 Å². The Hall–Kier alpha value is -2.21. The van der Waals surface area contributed by atoms with Crippen LogP contribution in [0.1, 0.15) is 17.0 Å². The Balaban J connectivity index is 1.95. The minimum atomic E-state index is -0.176. The molecule has 2 aromatic heterocycles. The molecule has 0 aliphatic carbocycles. The second kappa shape index (κ2) is 7.37. The summed E-state index contributed by atoms with van der Waals surface area (Å²) in [6.45, 7) is 2.72. The van der Waals surface area contributed by atoms with Crippen LogP contribution < -0.4 is 10.1 Å². The van der Waals surface area contributed by atoms with Crippen molar-refractivity contribution in [1.82, 2.24) is 19.8 Å². The molecule has 0 unspecified atom stereocenters. The molecule has 0 radical (unpaired) electrons. The van der Waals surface area contributed by atoms with E-state index in [1.807, 2.05) is 42.9 Å². The first-order valence-electron chi connectivity index (χ1n) is 7.21. The third-order valence-electron chi connectivity index (χ3n) is 3.52. The van der Waals surface area contributed by atoms with Crippen LogP contribution in [0.4, 0.5) is 4.79 Å². The third-order valence-corrected chi connectivity index (χ3v) is 3.73. The lowest BCUT2D eigenvalue weighted by atomic mass is 10.2. The van der Waals surface area contributed by atoms with Gasteiger partial charge in [0.25, 0.3) is 0 Å². The molecule has 0 aliphatic rings. The summed E-state index contributed by atoms with van der Waals surface area (Å²) >= 11 is 5.96. The summed E-state index contributed by atoms with van der Waals surface area (Å²) in [4.78, 5) is 18.1. The van der Waals surface area contributed by atoms with E-state index in [2.05, 4.69) is 10.3 Å². The zero-order valence-electron chi connectivity index (χ0n) is 13.8. The Morgan fingerprint density at radius 3 is 2.83 bits per heavy atom. The van der Waals surface area contributed by atoms with Crippen LogP contribution in [0, 0.1) is 6.92 Å². The normalized spacial score (nSPS) is 10.5. The highest BCUT2D eigenvalue weighted by molar-refractivity contribution is 6.30. The summed E-state index contributed by atoms with van der Waals surface area (Å²) in [7, 11) is 5.20. The van der Waals surface area contributed by atoms with Crippen molar-refractivity contribution in [2.24, 2.45) is 7.05 Å². The molecule has 0 aliphatic heterocycles. The molecule has 6 nitrogen and oxygen atoms in total. The van der Waals surface area contributed by atoms with Gasteiger partial charge in [-0.05, 0) is 19.1 Å². The highest BCUT2D eigenvalue weighted by Gasteiger charge is 2.13. The highest BCUT2D eigenvalue weighted by atomic mass is 35.5. The Morgan fingerprint density at radius 2 is 2.22 bits per heavy atom. The average Bonchev–Trinajstić information content (AvgIpc) is 2.83. The van der Waals surface area contributed by atoms with Crippen molar-refractivity contribution in [3.63, 3.8) is 0 Å². The number of methoxy groups -OCH3 is 1. The van der Waals surface area contributed by atoms with Crippen molar-refractivity contribution in [3.05, 3.63) is 46.4 Å². The minimum absolute atomic E-state index is 0.176. The van der Waals surface area contributed by atoms with Crippen LogP contribution in [0.25, 0.3) is 0 Å². The zero-order chi connectivity index (χ0) is 17.0. The second-order valence-corrected chi connectivity index (χ2v) is 5.83. The predicted molar refractivity (Wildman–Crippen MR) is 89.7 cm³/mol. The van der Waals surface area contributed by atoms with E-state index in [9.17, 15) is 4.79 Å². The van der Waals surface area contributed by atoms with Crippen molar-refractivity contribution < 1.29 is 9.53 Å². The SMILES string of the molecule is COc1nc(C)ccc1CNC(=O)N(C)Cc1cc(Cl)cn1C. The molecule has 2 heterocycles. The maximum Gasteiger partial charge on any atom is 0.317 e. The fourth-order valence-corrected chi connectivity index (χ4v) is 2.49. The molecule has 0 saturated heterocycles. The summed E-state index contributed by atoms with van der Waals surface area (Å²) in [5.41, 5.74) is 2.67. The molecular weight excluding hydrogens is 316 g/mol. The monoisotopic (exact) mass is 336 g/mol. The van der Waals surface area contributed by atoms with Crippen LogP contribution in [0.2, 0.25) is 5.02 Å². The van der Waals surface area contributed by atoms with Crippen LogP contribution in [0.3, 0.4) is 0 Å². The van der Waals surface area contributed by atoms with Gasteiger partial charge in [0.05, 0.1) is 18.7 Å².